The van der Waals surface area contributed by atoms with Crippen LogP contribution < -0.4 is 5.32 Å². The largest absolute Gasteiger partial charge is 0.335 e. The van der Waals surface area contributed by atoms with Crippen molar-refractivity contribution in [3.05, 3.63) is 125 Å². The van der Waals surface area contributed by atoms with Crippen molar-refractivity contribution in [2.24, 2.45) is 0 Å². The lowest BCUT2D eigenvalue weighted by atomic mass is 9.96. The first kappa shape index (κ1) is 23.4. The predicted octanol–water partition coefficient (Wildman–Crippen LogP) is 6.59. The maximum absolute atomic E-state index is 13.3. The van der Waals surface area contributed by atoms with Crippen LogP contribution in [0.25, 0.3) is 10.8 Å². The molecule has 0 bridgehead atoms. The molecule has 0 spiro atoms. The Morgan fingerprint density at radius 1 is 0.757 bits per heavy atom. The molecule has 0 unspecified atom stereocenters. The summed E-state index contributed by atoms with van der Waals surface area (Å²) >= 11 is 1.47. The van der Waals surface area contributed by atoms with Crippen LogP contribution >= 0.6 is 11.3 Å². The van der Waals surface area contributed by atoms with Gasteiger partial charge in [0.2, 0.25) is 0 Å². The first-order valence-electron chi connectivity index (χ1n) is 12.6. The summed E-state index contributed by atoms with van der Waals surface area (Å²) in [5.41, 5.74) is 4.05. The fourth-order valence-electron chi connectivity index (χ4n) is 5.11. The van der Waals surface area contributed by atoms with Crippen molar-refractivity contribution in [1.29, 1.82) is 0 Å². The molecule has 0 aliphatic carbocycles. The van der Waals surface area contributed by atoms with E-state index in [2.05, 4.69) is 94.1 Å². The highest BCUT2D eigenvalue weighted by Crippen LogP contribution is 2.31. The molecule has 1 N–H and O–H groups in total. The summed E-state index contributed by atoms with van der Waals surface area (Å²) in [7, 11) is 0. The zero-order valence-corrected chi connectivity index (χ0v) is 21.3. The van der Waals surface area contributed by atoms with E-state index in [-0.39, 0.29) is 11.9 Å². The zero-order chi connectivity index (χ0) is 25.0. The molecule has 1 saturated heterocycles. The van der Waals surface area contributed by atoms with Crippen molar-refractivity contribution in [2.45, 2.75) is 6.04 Å². The number of piperazine rings is 1. The van der Waals surface area contributed by atoms with Gasteiger partial charge in [0.1, 0.15) is 5.69 Å². The van der Waals surface area contributed by atoms with Crippen LogP contribution in [0.4, 0.5) is 10.8 Å². The second-order valence-electron chi connectivity index (χ2n) is 9.24. The Kier molecular flexibility index (Phi) is 6.67. The van der Waals surface area contributed by atoms with Gasteiger partial charge in [-0.2, -0.15) is 0 Å². The lowest BCUT2D eigenvalue weighted by Gasteiger charge is -2.39. The van der Waals surface area contributed by atoms with Gasteiger partial charge in [0.25, 0.3) is 5.91 Å². The van der Waals surface area contributed by atoms with Gasteiger partial charge in [-0.3, -0.25) is 9.69 Å². The van der Waals surface area contributed by atoms with Gasteiger partial charge in [-0.1, -0.05) is 97.1 Å². The molecule has 37 heavy (non-hydrogen) atoms. The Labute approximate surface area is 221 Å². The van der Waals surface area contributed by atoms with E-state index in [1.165, 1.54) is 27.8 Å². The van der Waals surface area contributed by atoms with Crippen molar-refractivity contribution >= 4 is 38.8 Å². The van der Waals surface area contributed by atoms with Crippen molar-refractivity contribution in [3.8, 4) is 0 Å². The standard InChI is InChI=1S/C31H28N4OS/c36-30(28-22-37-31(33-28)32-27-17-9-15-23-10-7-8-16-26(23)27)35-20-18-34(19-21-35)29(24-11-3-1-4-12-24)25-13-5-2-6-14-25/h1-17,22,29H,18-21H2,(H,32,33). The Hall–Kier alpha value is -4.00. The number of carbonyl (C=O) groups is 1. The summed E-state index contributed by atoms with van der Waals surface area (Å²) in [5.74, 6) is -0.00200. The Morgan fingerprint density at radius 2 is 1.38 bits per heavy atom. The van der Waals surface area contributed by atoms with E-state index in [1.807, 2.05) is 34.5 Å². The minimum absolute atomic E-state index is 0.00200. The highest BCUT2D eigenvalue weighted by Gasteiger charge is 2.29. The lowest BCUT2D eigenvalue weighted by molar-refractivity contribution is 0.0592. The quantitative estimate of drug-likeness (QED) is 0.284. The maximum atomic E-state index is 13.3. The molecule has 184 valence electrons. The first-order chi connectivity index (χ1) is 18.3. The monoisotopic (exact) mass is 504 g/mol. The van der Waals surface area contributed by atoms with Crippen molar-refractivity contribution in [1.82, 2.24) is 14.8 Å². The van der Waals surface area contributed by atoms with Crippen LogP contribution in [-0.4, -0.2) is 46.9 Å². The molecule has 6 heteroatoms. The highest BCUT2D eigenvalue weighted by atomic mass is 32.1. The molecule has 4 aromatic carbocycles. The van der Waals surface area contributed by atoms with Gasteiger partial charge in [0, 0.05) is 42.6 Å². The minimum atomic E-state index is -0.00200. The number of benzene rings is 4. The van der Waals surface area contributed by atoms with Crippen molar-refractivity contribution < 1.29 is 4.79 Å². The van der Waals surface area contributed by atoms with Gasteiger partial charge in [0.15, 0.2) is 5.13 Å². The molecule has 6 rings (SSSR count). The summed E-state index contributed by atoms with van der Waals surface area (Å²) in [4.78, 5) is 22.4. The average molecular weight is 505 g/mol. The topological polar surface area (TPSA) is 48.5 Å². The third-order valence-electron chi connectivity index (χ3n) is 6.95. The first-order valence-corrected chi connectivity index (χ1v) is 13.5. The van der Waals surface area contributed by atoms with Crippen LogP contribution in [-0.2, 0) is 0 Å². The summed E-state index contributed by atoms with van der Waals surface area (Å²) in [5, 5.41) is 8.30. The van der Waals surface area contributed by atoms with Gasteiger partial charge in [0.05, 0.1) is 6.04 Å². The summed E-state index contributed by atoms with van der Waals surface area (Å²) < 4.78 is 0. The summed E-state index contributed by atoms with van der Waals surface area (Å²) in [6.07, 6.45) is 0. The van der Waals surface area contributed by atoms with E-state index >= 15 is 0 Å². The van der Waals surface area contributed by atoms with E-state index < -0.39 is 0 Å². The fraction of sp³-hybridized carbons (Fsp3) is 0.161. The SMILES string of the molecule is O=C(c1csc(Nc2cccc3ccccc23)n1)N1CCN(C(c2ccccc2)c2ccccc2)CC1. The number of rotatable bonds is 6. The Morgan fingerprint density at radius 3 is 2.08 bits per heavy atom. The van der Waals surface area contributed by atoms with E-state index in [0.29, 0.717) is 18.8 Å². The number of thiazole rings is 1. The number of nitrogens with one attached hydrogen (secondary N) is 1. The zero-order valence-electron chi connectivity index (χ0n) is 20.5. The third-order valence-corrected chi connectivity index (χ3v) is 7.71. The molecular weight excluding hydrogens is 476 g/mol. The van der Waals surface area contributed by atoms with Gasteiger partial charge in [-0.15, -0.1) is 11.3 Å². The molecular formula is C31H28N4OS. The number of anilines is 2. The molecule has 1 aliphatic heterocycles. The maximum Gasteiger partial charge on any atom is 0.273 e. The van der Waals surface area contributed by atoms with Gasteiger partial charge in [-0.25, -0.2) is 4.98 Å². The lowest BCUT2D eigenvalue weighted by Crippen LogP contribution is -2.50. The van der Waals surface area contributed by atoms with Crippen LogP contribution in [0.1, 0.15) is 27.7 Å². The summed E-state index contributed by atoms with van der Waals surface area (Å²) in [6, 6.07) is 35.8. The number of hydrogen-bond donors (Lipinski definition) is 1. The van der Waals surface area contributed by atoms with E-state index in [9.17, 15) is 4.79 Å². The second-order valence-corrected chi connectivity index (χ2v) is 10.1. The Bertz CT molecular complexity index is 1450. The van der Waals surface area contributed by atoms with Crippen molar-refractivity contribution in [3.63, 3.8) is 0 Å². The normalized spacial score (nSPS) is 14.2. The third kappa shape index (κ3) is 4.99. The van der Waals surface area contributed by atoms with E-state index in [4.69, 9.17) is 0 Å². The van der Waals surface area contributed by atoms with Gasteiger partial charge in [-0.05, 0) is 22.6 Å². The number of nitrogens with zero attached hydrogens (tertiary/aromatic N) is 3. The van der Waals surface area contributed by atoms with Gasteiger partial charge >= 0.3 is 0 Å². The highest BCUT2D eigenvalue weighted by molar-refractivity contribution is 7.14. The summed E-state index contributed by atoms with van der Waals surface area (Å²) in [6.45, 7) is 2.98. The number of hydrogen-bond acceptors (Lipinski definition) is 5. The smallest absolute Gasteiger partial charge is 0.273 e. The Balaban J connectivity index is 1.14. The molecule has 0 saturated carbocycles. The second kappa shape index (κ2) is 10.5. The number of aromatic nitrogens is 1. The van der Waals surface area contributed by atoms with Crippen molar-refractivity contribution in [2.75, 3.05) is 31.5 Å². The van der Waals surface area contributed by atoms with Crippen LogP contribution in [0.2, 0.25) is 0 Å². The molecule has 1 aromatic heterocycles. The molecule has 5 nitrogen and oxygen atoms in total. The van der Waals surface area contributed by atoms with Crippen LogP contribution in [0.3, 0.4) is 0 Å². The average Bonchev–Trinajstić information content (AvgIpc) is 3.43. The fourth-order valence-corrected chi connectivity index (χ4v) is 5.81. The molecule has 0 atom stereocenters. The molecule has 2 heterocycles. The predicted molar refractivity (Wildman–Crippen MR) is 152 cm³/mol. The number of carbonyl (C=O) groups excluding carboxylic acids is 1. The molecule has 0 radical (unpaired) electrons. The van der Waals surface area contributed by atoms with Crippen LogP contribution in [0, 0.1) is 0 Å². The van der Waals surface area contributed by atoms with E-state index in [1.54, 1.807) is 0 Å². The van der Waals surface area contributed by atoms with Crippen LogP contribution in [0.15, 0.2) is 109 Å². The van der Waals surface area contributed by atoms with Crippen LogP contribution in [0.5, 0.6) is 0 Å². The van der Waals surface area contributed by atoms with Gasteiger partial charge < -0.3 is 10.2 Å². The van der Waals surface area contributed by atoms with E-state index in [0.717, 1.165) is 29.3 Å². The number of amides is 1. The molecule has 1 aliphatic rings. The molecule has 5 aromatic rings. The molecule has 1 amide bonds. The number of fused-ring (bicyclic) bond motifs is 1. The minimum Gasteiger partial charge on any atom is -0.335 e. The molecule has 1 fully saturated rings.